The summed E-state index contributed by atoms with van der Waals surface area (Å²) < 4.78 is 0. The quantitative estimate of drug-likeness (QED) is 0.450. The number of carbonyl (C=O) groups is 1. The van der Waals surface area contributed by atoms with Crippen LogP contribution in [0.5, 0.6) is 0 Å². The van der Waals surface area contributed by atoms with Crippen molar-refractivity contribution in [3.8, 4) is 0 Å². The molecule has 0 aromatic rings. The molecule has 0 saturated carbocycles. The lowest BCUT2D eigenvalue weighted by Crippen LogP contribution is -2.51. The van der Waals surface area contributed by atoms with Gasteiger partial charge in [0.15, 0.2) is 0 Å². The summed E-state index contributed by atoms with van der Waals surface area (Å²) >= 11 is 0. The van der Waals surface area contributed by atoms with Gasteiger partial charge >= 0.3 is 7.12 Å². The van der Waals surface area contributed by atoms with Gasteiger partial charge in [-0.2, -0.15) is 0 Å². The van der Waals surface area contributed by atoms with Crippen molar-refractivity contribution in [2.75, 3.05) is 6.54 Å². The van der Waals surface area contributed by atoms with Crippen LogP contribution in [0.4, 0.5) is 0 Å². The van der Waals surface area contributed by atoms with E-state index in [1.165, 1.54) is 4.90 Å². The van der Waals surface area contributed by atoms with E-state index in [-0.39, 0.29) is 5.91 Å². The largest absolute Gasteiger partial charge is 0.475 e. The van der Waals surface area contributed by atoms with Crippen LogP contribution in [0.3, 0.4) is 0 Å². The van der Waals surface area contributed by atoms with E-state index < -0.39 is 18.6 Å². The van der Waals surface area contributed by atoms with Crippen LogP contribution < -0.4 is 5.73 Å². The fraction of sp³-hybridized carbons (Fsp3) is 0.857. The second kappa shape index (κ2) is 3.28. The van der Waals surface area contributed by atoms with Crippen LogP contribution in [0.2, 0.25) is 0 Å². The van der Waals surface area contributed by atoms with Crippen molar-refractivity contribution < 1.29 is 14.8 Å². The Labute approximate surface area is 77.7 Å². The zero-order chi connectivity index (χ0) is 10.2. The number of hydrogen-bond acceptors (Lipinski definition) is 4. The highest BCUT2D eigenvalue weighted by molar-refractivity contribution is 6.43. The van der Waals surface area contributed by atoms with Crippen molar-refractivity contribution in [3.63, 3.8) is 0 Å². The Morgan fingerprint density at radius 3 is 2.54 bits per heavy atom. The normalized spacial score (nSPS) is 30.8. The standard InChI is InChI=1S/C7H15BN2O3/c1-5(8(12)13)10-4-3-7(2,9)6(10)11/h5,12-13H,3-4,9H2,1-2H3/t5-,7-/m0/s1. The third kappa shape index (κ3) is 1.85. The fourth-order valence-corrected chi connectivity index (χ4v) is 1.44. The number of carbonyl (C=O) groups excluding carboxylic acids is 1. The molecule has 0 aromatic heterocycles. The molecule has 13 heavy (non-hydrogen) atoms. The molecule has 6 heteroatoms. The average molecular weight is 186 g/mol. The van der Waals surface area contributed by atoms with Gasteiger partial charge in [0.1, 0.15) is 0 Å². The molecule has 0 aliphatic carbocycles. The number of likely N-dealkylation sites (tertiary alicyclic amines) is 1. The molecule has 2 atom stereocenters. The third-order valence-electron chi connectivity index (χ3n) is 2.54. The molecule has 1 fully saturated rings. The van der Waals surface area contributed by atoms with E-state index in [9.17, 15) is 4.79 Å². The molecule has 0 spiro atoms. The third-order valence-corrected chi connectivity index (χ3v) is 2.54. The van der Waals surface area contributed by atoms with Crippen molar-refractivity contribution >= 4 is 13.0 Å². The molecule has 0 bridgehead atoms. The molecule has 1 amide bonds. The summed E-state index contributed by atoms with van der Waals surface area (Å²) in [6, 6.07) is 0. The highest BCUT2D eigenvalue weighted by Gasteiger charge is 2.43. The van der Waals surface area contributed by atoms with Crippen LogP contribution in [0, 0.1) is 0 Å². The van der Waals surface area contributed by atoms with E-state index in [0.717, 1.165) is 0 Å². The molecular formula is C7H15BN2O3. The van der Waals surface area contributed by atoms with E-state index in [1.807, 2.05) is 0 Å². The van der Waals surface area contributed by atoms with Gasteiger partial charge in [0.05, 0.1) is 11.5 Å². The smallest absolute Gasteiger partial charge is 0.426 e. The second-order valence-electron chi connectivity index (χ2n) is 3.82. The topological polar surface area (TPSA) is 86.8 Å². The van der Waals surface area contributed by atoms with Gasteiger partial charge in [-0.1, -0.05) is 0 Å². The van der Waals surface area contributed by atoms with Crippen LogP contribution in [0.15, 0.2) is 0 Å². The highest BCUT2D eigenvalue weighted by atomic mass is 16.4. The maximum atomic E-state index is 11.6. The minimum Gasteiger partial charge on any atom is -0.426 e. The summed E-state index contributed by atoms with van der Waals surface area (Å²) in [6.45, 7) is 3.74. The lowest BCUT2D eigenvalue weighted by Gasteiger charge is -2.25. The van der Waals surface area contributed by atoms with Crippen molar-refractivity contribution in [1.82, 2.24) is 4.90 Å². The molecule has 0 aromatic carbocycles. The Morgan fingerprint density at radius 2 is 2.23 bits per heavy atom. The molecule has 4 N–H and O–H groups in total. The van der Waals surface area contributed by atoms with Gasteiger partial charge in [-0.15, -0.1) is 0 Å². The molecule has 1 rings (SSSR count). The summed E-state index contributed by atoms with van der Waals surface area (Å²) in [5, 5.41) is 17.8. The predicted octanol–water partition coefficient (Wildman–Crippen LogP) is -1.66. The first kappa shape index (κ1) is 10.5. The minimum absolute atomic E-state index is 0.215. The molecule has 5 nitrogen and oxygen atoms in total. The first-order valence-corrected chi connectivity index (χ1v) is 4.32. The van der Waals surface area contributed by atoms with Crippen molar-refractivity contribution in [3.05, 3.63) is 0 Å². The van der Waals surface area contributed by atoms with Crippen LogP contribution >= 0.6 is 0 Å². The second-order valence-corrected chi connectivity index (χ2v) is 3.82. The number of hydrogen-bond donors (Lipinski definition) is 3. The van der Waals surface area contributed by atoms with Gasteiger partial charge in [0, 0.05) is 6.54 Å². The van der Waals surface area contributed by atoms with Crippen molar-refractivity contribution in [1.29, 1.82) is 0 Å². The number of rotatable bonds is 2. The number of nitrogens with zero attached hydrogens (tertiary/aromatic N) is 1. The SMILES string of the molecule is C[C@@H](B(O)O)N1CC[C@](C)(N)C1=O. The van der Waals surface area contributed by atoms with E-state index in [1.54, 1.807) is 13.8 Å². The van der Waals surface area contributed by atoms with Crippen LogP contribution in [0.1, 0.15) is 20.3 Å². The van der Waals surface area contributed by atoms with E-state index in [4.69, 9.17) is 15.8 Å². The van der Waals surface area contributed by atoms with E-state index >= 15 is 0 Å². The van der Waals surface area contributed by atoms with E-state index in [2.05, 4.69) is 0 Å². The molecule has 1 aliphatic rings. The maximum absolute atomic E-state index is 11.6. The summed E-state index contributed by atoms with van der Waals surface area (Å²) in [7, 11) is -1.50. The summed E-state index contributed by atoms with van der Waals surface area (Å²) in [5.41, 5.74) is 4.85. The summed E-state index contributed by atoms with van der Waals surface area (Å²) in [4.78, 5) is 13.0. The minimum atomic E-state index is -1.50. The van der Waals surface area contributed by atoms with Crippen molar-refractivity contribution in [2.45, 2.75) is 31.7 Å². The number of nitrogens with two attached hydrogens (primary N) is 1. The summed E-state index contributed by atoms with van der Waals surface area (Å²) in [5.74, 6) is -0.800. The van der Waals surface area contributed by atoms with Crippen LogP contribution in [-0.4, -0.2) is 46.0 Å². The first-order valence-electron chi connectivity index (χ1n) is 4.32. The highest BCUT2D eigenvalue weighted by Crippen LogP contribution is 2.21. The molecule has 1 heterocycles. The average Bonchev–Trinajstić information content (AvgIpc) is 2.27. The fourth-order valence-electron chi connectivity index (χ4n) is 1.44. The van der Waals surface area contributed by atoms with Gasteiger partial charge in [-0.05, 0) is 20.3 Å². The molecule has 74 valence electrons. The zero-order valence-corrected chi connectivity index (χ0v) is 7.90. The molecule has 1 aliphatic heterocycles. The molecular weight excluding hydrogens is 171 g/mol. The Morgan fingerprint density at radius 1 is 1.69 bits per heavy atom. The van der Waals surface area contributed by atoms with Gasteiger partial charge in [-0.3, -0.25) is 4.79 Å². The Kier molecular flexibility index (Phi) is 2.65. The molecule has 0 unspecified atom stereocenters. The first-order chi connectivity index (χ1) is 5.86. The molecule has 0 radical (unpaired) electrons. The van der Waals surface area contributed by atoms with Gasteiger partial charge < -0.3 is 20.7 Å². The summed E-state index contributed by atoms with van der Waals surface area (Å²) in [6.07, 6.45) is 0.558. The Hall–Kier alpha value is -0.585. The predicted molar refractivity (Wildman–Crippen MR) is 48.6 cm³/mol. The Balaban J connectivity index is 2.71. The number of amides is 1. The lowest BCUT2D eigenvalue weighted by atomic mass is 9.80. The van der Waals surface area contributed by atoms with E-state index in [0.29, 0.717) is 13.0 Å². The zero-order valence-electron chi connectivity index (χ0n) is 7.90. The van der Waals surface area contributed by atoms with Gasteiger partial charge in [0.2, 0.25) is 5.91 Å². The lowest BCUT2D eigenvalue weighted by molar-refractivity contribution is -0.132. The maximum Gasteiger partial charge on any atom is 0.475 e. The van der Waals surface area contributed by atoms with Crippen molar-refractivity contribution in [2.24, 2.45) is 5.73 Å². The van der Waals surface area contributed by atoms with Gasteiger partial charge in [0.25, 0.3) is 0 Å². The molecule has 1 saturated heterocycles. The monoisotopic (exact) mass is 186 g/mol. The van der Waals surface area contributed by atoms with Crippen LogP contribution in [0.25, 0.3) is 0 Å². The Bertz CT molecular complexity index is 220. The van der Waals surface area contributed by atoms with Gasteiger partial charge in [-0.25, -0.2) is 0 Å². The van der Waals surface area contributed by atoms with Crippen LogP contribution in [-0.2, 0) is 4.79 Å².